The number of hydrogen-bond donors (Lipinski definition) is 1. The van der Waals surface area contributed by atoms with E-state index in [0.717, 1.165) is 0 Å². The van der Waals surface area contributed by atoms with Crippen LogP contribution in [0.25, 0.3) is 0 Å². The van der Waals surface area contributed by atoms with E-state index in [9.17, 15) is 29.1 Å². The van der Waals surface area contributed by atoms with Gasteiger partial charge in [-0.2, -0.15) is 0 Å². The van der Waals surface area contributed by atoms with Crippen molar-refractivity contribution in [2.45, 2.75) is 205 Å². The van der Waals surface area contributed by atoms with E-state index in [2.05, 4.69) is 11.5 Å². The predicted octanol–water partition coefficient (Wildman–Crippen LogP) is 4.09. The number of ether oxygens (including phenoxy) is 12. The van der Waals surface area contributed by atoms with Gasteiger partial charge in [-0.15, -0.1) is 6.58 Å². The first-order chi connectivity index (χ1) is 32.5. The SMILES string of the molecule is C=CC[C@@H]1CCCN(C)C[C@H](OC(C)=O)[C@H](C)C[C@H](CC(OC)OC)[C@H](O[C@@H]2OC(C)[C@@H](O[C@H]3CC(C)(O)[C@@H](OC(=O)CC)C(C)O3)C(N(C)C)C2OC(C)=O)[C@@H](OC)[C@H](OC(=O)CC)CC(=O)O1. The lowest BCUT2D eigenvalue weighted by Crippen LogP contribution is -2.66. The maximum atomic E-state index is 14.0. The van der Waals surface area contributed by atoms with Crippen molar-refractivity contribution in [3.05, 3.63) is 12.7 Å². The molecule has 69 heavy (non-hydrogen) atoms. The molecule has 16 atom stereocenters. The summed E-state index contributed by atoms with van der Waals surface area (Å²) in [5.74, 6) is -3.84. The minimum atomic E-state index is -1.53. The number of nitrogens with zero attached hydrogens (tertiary/aromatic N) is 2. The van der Waals surface area contributed by atoms with Crippen molar-refractivity contribution in [3.63, 3.8) is 0 Å². The smallest absolute Gasteiger partial charge is 0.309 e. The van der Waals surface area contributed by atoms with Crippen LogP contribution in [0.5, 0.6) is 0 Å². The molecule has 20 nitrogen and oxygen atoms in total. The lowest BCUT2D eigenvalue weighted by molar-refractivity contribution is -0.345. The highest BCUT2D eigenvalue weighted by Crippen LogP contribution is 2.39. The average Bonchev–Trinajstić information content (AvgIpc) is 3.26. The minimum absolute atomic E-state index is 0.0206. The Morgan fingerprint density at radius 3 is 2.07 bits per heavy atom. The first-order valence-corrected chi connectivity index (χ1v) is 24.3. The van der Waals surface area contributed by atoms with E-state index in [1.165, 1.54) is 35.2 Å². The maximum absolute atomic E-state index is 14.0. The molecule has 0 radical (unpaired) electrons. The molecule has 0 bridgehead atoms. The van der Waals surface area contributed by atoms with E-state index in [-0.39, 0.29) is 38.0 Å². The molecule has 1 N–H and O–H groups in total. The van der Waals surface area contributed by atoms with Crippen LogP contribution in [0.4, 0.5) is 0 Å². The Hall–Kier alpha value is -3.31. The first-order valence-electron chi connectivity index (χ1n) is 24.3. The Kier molecular flexibility index (Phi) is 24.9. The highest BCUT2D eigenvalue weighted by atomic mass is 16.7. The van der Waals surface area contributed by atoms with Gasteiger partial charge in [0.15, 0.2) is 31.1 Å². The molecule has 3 saturated heterocycles. The van der Waals surface area contributed by atoms with E-state index >= 15 is 0 Å². The van der Waals surface area contributed by atoms with Gasteiger partial charge in [0.05, 0.1) is 30.8 Å². The average molecular weight is 989 g/mol. The van der Waals surface area contributed by atoms with Crippen LogP contribution in [-0.4, -0.2) is 192 Å². The molecule has 0 amide bonds. The summed E-state index contributed by atoms with van der Waals surface area (Å²) in [6, 6.07) is -0.785. The Bertz CT molecular complexity index is 1630. The fourth-order valence-electron chi connectivity index (χ4n) is 9.68. The molecule has 398 valence electrons. The summed E-state index contributed by atoms with van der Waals surface area (Å²) in [5.41, 5.74) is -1.53. The molecule has 0 saturated carbocycles. The quantitative estimate of drug-likeness (QED) is 0.0884. The van der Waals surface area contributed by atoms with Crippen LogP contribution in [0, 0.1) is 11.8 Å². The van der Waals surface area contributed by atoms with Gasteiger partial charge in [0, 0.05) is 73.8 Å². The number of cyclic esters (lactones) is 1. The third-order valence-electron chi connectivity index (χ3n) is 13.1. The third-order valence-corrected chi connectivity index (χ3v) is 13.1. The molecular weight excluding hydrogens is 905 g/mol. The van der Waals surface area contributed by atoms with Crippen molar-refractivity contribution in [3.8, 4) is 0 Å². The van der Waals surface area contributed by atoms with Gasteiger partial charge in [-0.25, -0.2) is 0 Å². The molecule has 0 aromatic rings. The van der Waals surface area contributed by atoms with Crippen LogP contribution in [0.2, 0.25) is 0 Å². The number of methoxy groups -OCH3 is 3. The topological polar surface area (TPSA) is 223 Å². The second-order valence-corrected chi connectivity index (χ2v) is 19.1. The van der Waals surface area contributed by atoms with Crippen LogP contribution in [0.1, 0.15) is 113 Å². The van der Waals surface area contributed by atoms with Crippen molar-refractivity contribution in [1.82, 2.24) is 9.80 Å². The summed E-state index contributed by atoms with van der Waals surface area (Å²) in [6.45, 7) is 17.7. The van der Waals surface area contributed by atoms with Gasteiger partial charge in [-0.1, -0.05) is 26.8 Å². The maximum Gasteiger partial charge on any atom is 0.309 e. The third kappa shape index (κ3) is 18.0. The van der Waals surface area contributed by atoms with E-state index in [4.69, 9.17) is 56.8 Å². The molecule has 3 fully saturated rings. The van der Waals surface area contributed by atoms with Crippen molar-refractivity contribution in [2.24, 2.45) is 11.8 Å². The molecule has 0 aliphatic carbocycles. The molecule has 0 spiro atoms. The van der Waals surface area contributed by atoms with Crippen LogP contribution in [0.15, 0.2) is 12.7 Å². The number of hydrogen-bond acceptors (Lipinski definition) is 20. The summed E-state index contributed by atoms with van der Waals surface area (Å²) in [4.78, 5) is 69.3. The number of carbonyl (C=O) groups excluding carboxylic acids is 5. The molecule has 5 unspecified atom stereocenters. The summed E-state index contributed by atoms with van der Waals surface area (Å²) in [6.07, 6.45) is -9.28. The van der Waals surface area contributed by atoms with E-state index in [0.29, 0.717) is 32.4 Å². The van der Waals surface area contributed by atoms with E-state index < -0.39 is 134 Å². The van der Waals surface area contributed by atoms with Gasteiger partial charge >= 0.3 is 29.8 Å². The molecule has 20 heteroatoms. The number of esters is 5. The van der Waals surface area contributed by atoms with Crippen LogP contribution < -0.4 is 0 Å². The summed E-state index contributed by atoms with van der Waals surface area (Å²) < 4.78 is 74.4. The Balaban J connectivity index is 2.26. The standard InChI is InChI=1S/C49H84N2O18/c1-16-20-34-21-19-22-51(12)27-36(63-31(7)52)28(4)23-33(24-40(58-13)59-14)44(45(60-15)35(25-39(56)65-34)66-37(54)17-2)69-48-46(64-32(8)53)42(50(10)11)43(29(5)62-48)68-41-26-49(9,57)47(30(6)61-41)67-38(55)18-3/h16,28-30,33-36,40-48,57H,1,17-27H2,2-15H3/t28-,29?,30?,33-,34-,35-,36+,41+,42?,43-,44+,45+,46?,47+,48+,49?/m1/s1. The Morgan fingerprint density at radius 2 is 1.52 bits per heavy atom. The van der Waals surface area contributed by atoms with Gasteiger partial charge in [-0.05, 0) is 79.6 Å². The summed E-state index contributed by atoms with van der Waals surface area (Å²) in [7, 11) is 9.89. The second-order valence-electron chi connectivity index (χ2n) is 19.1. The van der Waals surface area contributed by atoms with Gasteiger partial charge < -0.3 is 71.7 Å². The van der Waals surface area contributed by atoms with Crippen LogP contribution in [0.3, 0.4) is 0 Å². The fraction of sp³-hybridized carbons (Fsp3) is 0.857. The molecular formula is C49H84N2O18. The first kappa shape index (κ1) is 60.0. The molecule has 0 aromatic heterocycles. The van der Waals surface area contributed by atoms with Crippen LogP contribution in [-0.2, 0) is 80.8 Å². The largest absolute Gasteiger partial charge is 0.462 e. The lowest BCUT2D eigenvalue weighted by atomic mass is 9.81. The normalized spacial score (nSPS) is 35.7. The Labute approximate surface area is 409 Å². The predicted molar refractivity (Wildman–Crippen MR) is 249 cm³/mol. The Morgan fingerprint density at radius 1 is 0.884 bits per heavy atom. The zero-order chi connectivity index (χ0) is 51.7. The van der Waals surface area contributed by atoms with Crippen molar-refractivity contribution in [1.29, 1.82) is 0 Å². The van der Waals surface area contributed by atoms with E-state index in [1.807, 2.05) is 18.9 Å². The van der Waals surface area contributed by atoms with E-state index in [1.54, 1.807) is 54.8 Å². The van der Waals surface area contributed by atoms with Crippen molar-refractivity contribution in [2.75, 3.05) is 55.6 Å². The number of aliphatic hydroxyl groups is 1. The van der Waals surface area contributed by atoms with Gasteiger partial charge in [-0.3, -0.25) is 24.0 Å². The highest BCUT2D eigenvalue weighted by Gasteiger charge is 2.54. The molecule has 0 aromatic carbocycles. The fourth-order valence-corrected chi connectivity index (χ4v) is 9.68. The minimum Gasteiger partial charge on any atom is -0.462 e. The number of carbonyl (C=O) groups is 5. The molecule has 3 rings (SSSR count). The summed E-state index contributed by atoms with van der Waals surface area (Å²) >= 11 is 0. The number of likely N-dealkylation sites (N-methyl/N-ethyl adjacent to an activating group) is 2. The summed E-state index contributed by atoms with van der Waals surface area (Å²) in [5, 5.41) is 11.6. The molecule has 3 aliphatic heterocycles. The molecule has 3 aliphatic rings. The van der Waals surface area contributed by atoms with Crippen LogP contribution >= 0.6 is 0 Å². The second kappa shape index (κ2) is 28.7. The zero-order valence-corrected chi connectivity index (χ0v) is 43.6. The van der Waals surface area contributed by atoms with Crippen molar-refractivity contribution < 1.29 is 85.9 Å². The van der Waals surface area contributed by atoms with Crippen molar-refractivity contribution >= 4 is 29.8 Å². The lowest BCUT2D eigenvalue weighted by Gasteiger charge is -2.51. The highest BCUT2D eigenvalue weighted by molar-refractivity contribution is 5.73. The van der Waals surface area contributed by atoms with Gasteiger partial charge in [0.1, 0.15) is 36.1 Å². The monoisotopic (exact) mass is 989 g/mol. The van der Waals surface area contributed by atoms with Gasteiger partial charge in [0.25, 0.3) is 0 Å². The number of rotatable bonds is 18. The molecule has 3 heterocycles. The van der Waals surface area contributed by atoms with Gasteiger partial charge in [0.2, 0.25) is 0 Å². The zero-order valence-electron chi connectivity index (χ0n) is 43.6.